The lowest BCUT2D eigenvalue weighted by Gasteiger charge is -2.26. The zero-order valence-electron chi connectivity index (χ0n) is 23.8. The lowest BCUT2D eigenvalue weighted by atomic mass is 9.93. The standard InChI is InChI=1S/C33H29IN2O5S2/c1-5-16-41-30-24(34)17-20(18-25(30)39-3)19-26-31(37)36-29(22-12-14-23(42-4)15-13-22)27(32(38)40-6-2)28(35-33(36)43-26)21-10-8-7-9-11-21/h5,7-15,17-19,29H,1,6,16H2,2-4H3/b26-19-/t29-/m0/s1. The molecule has 5 rings (SSSR count). The van der Waals surface area contributed by atoms with E-state index in [-0.39, 0.29) is 12.2 Å². The number of esters is 1. The van der Waals surface area contributed by atoms with Gasteiger partial charge in [-0.2, -0.15) is 0 Å². The van der Waals surface area contributed by atoms with Crippen LogP contribution in [0.2, 0.25) is 0 Å². The molecule has 10 heteroatoms. The van der Waals surface area contributed by atoms with Gasteiger partial charge in [0.15, 0.2) is 16.3 Å². The van der Waals surface area contributed by atoms with Crippen molar-refractivity contribution >= 4 is 63.4 Å². The maximum Gasteiger partial charge on any atom is 0.338 e. The van der Waals surface area contributed by atoms with Crippen LogP contribution in [-0.4, -0.2) is 37.1 Å². The topological polar surface area (TPSA) is 79.1 Å². The fraction of sp³-hybridized carbons (Fsp3) is 0.182. The third kappa shape index (κ3) is 6.36. The number of fused-ring (bicyclic) bond motifs is 1. The van der Waals surface area contributed by atoms with Crippen LogP contribution in [0.15, 0.2) is 99.6 Å². The minimum atomic E-state index is -0.729. The third-order valence-corrected chi connectivity index (χ3v) is 9.23. The van der Waals surface area contributed by atoms with Crippen molar-refractivity contribution in [1.29, 1.82) is 0 Å². The molecule has 220 valence electrons. The Balaban J connectivity index is 1.76. The first-order chi connectivity index (χ1) is 20.9. The van der Waals surface area contributed by atoms with Gasteiger partial charge in [0.25, 0.3) is 5.56 Å². The van der Waals surface area contributed by atoms with Gasteiger partial charge in [-0.25, -0.2) is 9.79 Å². The molecular formula is C33H29IN2O5S2. The largest absolute Gasteiger partial charge is 0.493 e. The summed E-state index contributed by atoms with van der Waals surface area (Å²) in [5.74, 6) is 0.658. The van der Waals surface area contributed by atoms with Crippen molar-refractivity contribution < 1.29 is 19.0 Å². The second-order valence-electron chi connectivity index (χ2n) is 9.34. The zero-order chi connectivity index (χ0) is 30.5. The molecule has 0 amide bonds. The molecule has 1 atom stereocenters. The summed E-state index contributed by atoms with van der Waals surface area (Å²) >= 11 is 5.09. The first-order valence-electron chi connectivity index (χ1n) is 13.4. The molecule has 2 heterocycles. The number of rotatable bonds is 10. The van der Waals surface area contributed by atoms with Gasteiger partial charge in [-0.3, -0.25) is 9.36 Å². The quantitative estimate of drug-likeness (QED) is 0.0887. The fourth-order valence-corrected chi connectivity index (χ4v) is 6.99. The molecule has 0 spiro atoms. The van der Waals surface area contributed by atoms with Gasteiger partial charge < -0.3 is 14.2 Å². The predicted octanol–water partition coefficient (Wildman–Crippen LogP) is 5.84. The Hall–Kier alpha value is -3.61. The van der Waals surface area contributed by atoms with E-state index in [1.165, 1.54) is 11.3 Å². The molecule has 0 saturated heterocycles. The molecule has 1 aliphatic heterocycles. The summed E-state index contributed by atoms with van der Waals surface area (Å²) in [6.45, 7) is 6.01. The number of thiazole rings is 1. The number of hydrogen-bond acceptors (Lipinski definition) is 8. The molecule has 43 heavy (non-hydrogen) atoms. The predicted molar refractivity (Wildman–Crippen MR) is 181 cm³/mol. The Morgan fingerprint density at radius 3 is 2.56 bits per heavy atom. The molecule has 1 aliphatic rings. The number of benzene rings is 3. The summed E-state index contributed by atoms with van der Waals surface area (Å²) in [6, 6.07) is 20.4. The highest BCUT2D eigenvalue weighted by molar-refractivity contribution is 14.1. The second-order valence-corrected chi connectivity index (χ2v) is 12.4. The molecule has 0 saturated carbocycles. The summed E-state index contributed by atoms with van der Waals surface area (Å²) < 4.78 is 19.8. The summed E-state index contributed by atoms with van der Waals surface area (Å²) in [7, 11) is 1.58. The lowest BCUT2D eigenvalue weighted by Crippen LogP contribution is -2.40. The van der Waals surface area contributed by atoms with E-state index >= 15 is 0 Å². The Morgan fingerprint density at radius 1 is 1.16 bits per heavy atom. The molecule has 7 nitrogen and oxygen atoms in total. The van der Waals surface area contributed by atoms with E-state index in [4.69, 9.17) is 19.2 Å². The van der Waals surface area contributed by atoms with Gasteiger partial charge in [-0.05, 0) is 77.2 Å². The van der Waals surface area contributed by atoms with E-state index in [2.05, 4.69) is 29.2 Å². The van der Waals surface area contributed by atoms with E-state index in [1.54, 1.807) is 36.4 Å². The SMILES string of the molecule is C=CCOc1c(I)cc(/C=c2\sc3n(c2=O)[C@@H](c2ccc(SC)cc2)C(C(=O)OCC)=C(c2ccccc2)N=3)cc1OC. The molecule has 0 N–H and O–H groups in total. The number of methoxy groups -OCH3 is 1. The number of carbonyl (C=O) groups is 1. The van der Waals surface area contributed by atoms with Crippen molar-refractivity contribution in [1.82, 2.24) is 4.57 Å². The van der Waals surface area contributed by atoms with Gasteiger partial charge >= 0.3 is 5.97 Å². The molecule has 1 aromatic heterocycles. The fourth-order valence-electron chi connectivity index (χ4n) is 4.80. The van der Waals surface area contributed by atoms with Gasteiger partial charge in [0.1, 0.15) is 6.61 Å². The van der Waals surface area contributed by atoms with Crippen LogP contribution >= 0.6 is 45.7 Å². The minimum Gasteiger partial charge on any atom is -0.493 e. The van der Waals surface area contributed by atoms with Crippen LogP contribution in [0.25, 0.3) is 11.8 Å². The average Bonchev–Trinajstić information content (AvgIpc) is 3.34. The van der Waals surface area contributed by atoms with E-state index < -0.39 is 12.0 Å². The van der Waals surface area contributed by atoms with Crippen LogP contribution in [0.1, 0.15) is 29.7 Å². The molecular weight excluding hydrogens is 695 g/mol. The second kappa shape index (κ2) is 13.8. The van der Waals surface area contributed by atoms with Crippen molar-refractivity contribution in [3.8, 4) is 11.5 Å². The zero-order valence-corrected chi connectivity index (χ0v) is 27.6. The Kier molecular flexibility index (Phi) is 9.89. The Morgan fingerprint density at radius 2 is 1.91 bits per heavy atom. The summed E-state index contributed by atoms with van der Waals surface area (Å²) in [5.41, 5.74) is 2.89. The van der Waals surface area contributed by atoms with Crippen LogP contribution in [0, 0.1) is 3.57 Å². The van der Waals surface area contributed by atoms with Crippen molar-refractivity contribution in [3.05, 3.63) is 125 Å². The van der Waals surface area contributed by atoms with E-state index in [0.29, 0.717) is 38.7 Å². The van der Waals surface area contributed by atoms with Crippen LogP contribution in [-0.2, 0) is 9.53 Å². The lowest BCUT2D eigenvalue weighted by molar-refractivity contribution is -0.138. The maximum absolute atomic E-state index is 14.2. The smallest absolute Gasteiger partial charge is 0.338 e. The first-order valence-corrected chi connectivity index (χ1v) is 16.6. The molecule has 0 fully saturated rings. The normalized spacial score (nSPS) is 14.6. The highest BCUT2D eigenvalue weighted by Gasteiger charge is 2.35. The van der Waals surface area contributed by atoms with Crippen molar-refractivity contribution in [3.63, 3.8) is 0 Å². The van der Waals surface area contributed by atoms with Gasteiger partial charge in [-0.15, -0.1) is 11.8 Å². The number of thioether (sulfide) groups is 1. The number of nitrogens with zero attached hydrogens (tertiary/aromatic N) is 2. The van der Waals surface area contributed by atoms with Gasteiger partial charge in [0, 0.05) is 10.5 Å². The molecule has 0 aliphatic carbocycles. The Labute approximate surface area is 271 Å². The average molecular weight is 725 g/mol. The minimum absolute atomic E-state index is 0.194. The van der Waals surface area contributed by atoms with Crippen molar-refractivity contribution in [2.75, 3.05) is 26.6 Å². The first kappa shape index (κ1) is 30.8. The highest BCUT2D eigenvalue weighted by Crippen LogP contribution is 2.36. The maximum atomic E-state index is 14.2. The van der Waals surface area contributed by atoms with E-state index in [1.807, 2.05) is 79.1 Å². The number of carbonyl (C=O) groups excluding carboxylic acids is 1. The highest BCUT2D eigenvalue weighted by atomic mass is 127. The molecule has 0 radical (unpaired) electrons. The monoisotopic (exact) mass is 724 g/mol. The van der Waals surface area contributed by atoms with E-state index in [9.17, 15) is 9.59 Å². The summed E-state index contributed by atoms with van der Waals surface area (Å²) in [5, 5.41) is 0. The number of hydrogen-bond donors (Lipinski definition) is 0. The molecule has 0 unspecified atom stereocenters. The summed E-state index contributed by atoms with van der Waals surface area (Å²) in [6.07, 6.45) is 5.49. The Bertz CT molecular complexity index is 1880. The van der Waals surface area contributed by atoms with Gasteiger partial charge in [0.2, 0.25) is 0 Å². The van der Waals surface area contributed by atoms with Crippen molar-refractivity contribution in [2.24, 2.45) is 4.99 Å². The van der Waals surface area contributed by atoms with Crippen LogP contribution in [0.4, 0.5) is 0 Å². The van der Waals surface area contributed by atoms with Gasteiger partial charge in [-0.1, -0.05) is 66.5 Å². The summed E-state index contributed by atoms with van der Waals surface area (Å²) in [4.78, 5) is 34.3. The number of aromatic nitrogens is 1. The van der Waals surface area contributed by atoms with Crippen LogP contribution < -0.4 is 24.4 Å². The molecule has 3 aromatic carbocycles. The number of ether oxygens (including phenoxy) is 3. The van der Waals surface area contributed by atoms with Gasteiger partial charge in [0.05, 0.1) is 39.1 Å². The number of halogens is 1. The van der Waals surface area contributed by atoms with E-state index in [0.717, 1.165) is 25.2 Å². The van der Waals surface area contributed by atoms with Crippen molar-refractivity contribution in [2.45, 2.75) is 17.9 Å². The van der Waals surface area contributed by atoms with Crippen LogP contribution in [0.3, 0.4) is 0 Å². The van der Waals surface area contributed by atoms with Crippen LogP contribution in [0.5, 0.6) is 11.5 Å². The molecule has 4 aromatic rings. The molecule has 0 bridgehead atoms. The third-order valence-electron chi connectivity index (χ3n) is 6.70.